The van der Waals surface area contributed by atoms with Crippen molar-refractivity contribution in [2.45, 2.75) is 37.9 Å². The van der Waals surface area contributed by atoms with Crippen molar-refractivity contribution in [2.24, 2.45) is 5.10 Å². The molecule has 0 aliphatic carbocycles. The molecule has 1 N–H and O–H groups in total. The molecule has 2 aromatic carbocycles. The Labute approximate surface area is 192 Å². The van der Waals surface area contributed by atoms with Crippen LogP contribution in [0.15, 0.2) is 63.9 Å². The maximum absolute atomic E-state index is 13.2. The van der Waals surface area contributed by atoms with Gasteiger partial charge in [-0.3, -0.25) is 5.43 Å². The molecule has 1 aliphatic rings. The molecular weight excluding hydrogens is 444 g/mol. The Morgan fingerprint density at radius 2 is 1.88 bits per heavy atom. The molecule has 1 fully saturated rings. The van der Waals surface area contributed by atoms with Gasteiger partial charge in [-0.25, -0.2) is 13.4 Å². The Kier molecular flexibility index (Phi) is 6.71. The van der Waals surface area contributed by atoms with Crippen molar-refractivity contribution >= 4 is 32.7 Å². The maximum atomic E-state index is 13.2. The van der Waals surface area contributed by atoms with Crippen molar-refractivity contribution in [3.63, 3.8) is 0 Å². The molecule has 3 aromatic rings. The number of sulfonamides is 1. The van der Waals surface area contributed by atoms with E-state index in [1.807, 2.05) is 56.5 Å². The number of aromatic nitrogens is 1. The highest BCUT2D eigenvalue weighted by molar-refractivity contribution is 7.89. The predicted molar refractivity (Wildman–Crippen MR) is 129 cm³/mol. The summed E-state index contributed by atoms with van der Waals surface area (Å²) in [6.07, 6.45) is 1.46. The molecule has 2 unspecified atom stereocenters. The molecule has 1 aromatic heterocycles. The van der Waals surface area contributed by atoms with E-state index in [4.69, 9.17) is 4.74 Å². The number of benzene rings is 2. The number of hydrogen-bond donors (Lipinski definition) is 1. The van der Waals surface area contributed by atoms with Crippen LogP contribution in [0.3, 0.4) is 0 Å². The van der Waals surface area contributed by atoms with Gasteiger partial charge in [-0.1, -0.05) is 42.0 Å². The van der Waals surface area contributed by atoms with Gasteiger partial charge in [0.1, 0.15) is 0 Å². The highest BCUT2D eigenvalue weighted by atomic mass is 32.2. The summed E-state index contributed by atoms with van der Waals surface area (Å²) < 4.78 is 33.5. The third-order valence-electron chi connectivity index (χ3n) is 5.11. The van der Waals surface area contributed by atoms with Crippen molar-refractivity contribution in [1.82, 2.24) is 9.29 Å². The standard InChI is InChI=1S/C23H26N4O3S2/c1-16-7-9-19(10-8-16)12-24-26-23-25-22(15-31-23)20-5-4-6-21(11-20)32(28,29)27-13-17(2)30-18(3)14-27/h4-12,15,17-18H,13-14H2,1-3H3,(H,25,26). The van der Waals surface area contributed by atoms with Gasteiger partial charge in [0.15, 0.2) is 0 Å². The number of hydrazone groups is 1. The van der Waals surface area contributed by atoms with E-state index in [1.165, 1.54) is 21.2 Å². The van der Waals surface area contributed by atoms with E-state index in [9.17, 15) is 8.42 Å². The zero-order valence-corrected chi connectivity index (χ0v) is 19.9. The smallest absolute Gasteiger partial charge is 0.243 e. The molecule has 4 rings (SSSR count). The molecule has 1 saturated heterocycles. The lowest BCUT2D eigenvalue weighted by atomic mass is 10.2. The predicted octanol–water partition coefficient (Wildman–Crippen LogP) is 4.36. The van der Waals surface area contributed by atoms with Crippen molar-refractivity contribution in [1.29, 1.82) is 0 Å². The van der Waals surface area contributed by atoms with Gasteiger partial charge in [0, 0.05) is 24.0 Å². The highest BCUT2D eigenvalue weighted by Crippen LogP contribution is 2.28. The van der Waals surface area contributed by atoms with Crippen LogP contribution in [0.4, 0.5) is 5.13 Å². The first-order valence-electron chi connectivity index (χ1n) is 10.4. The van der Waals surface area contributed by atoms with Gasteiger partial charge in [0.05, 0.1) is 29.0 Å². The van der Waals surface area contributed by atoms with Crippen molar-refractivity contribution in [3.05, 3.63) is 65.0 Å². The van der Waals surface area contributed by atoms with Crippen LogP contribution < -0.4 is 5.43 Å². The van der Waals surface area contributed by atoms with Crippen molar-refractivity contribution < 1.29 is 13.2 Å². The van der Waals surface area contributed by atoms with Gasteiger partial charge in [-0.15, -0.1) is 11.3 Å². The number of rotatable bonds is 6. The molecule has 1 aliphatic heterocycles. The van der Waals surface area contributed by atoms with Crippen LogP contribution in [0.25, 0.3) is 11.3 Å². The molecule has 7 nitrogen and oxygen atoms in total. The maximum Gasteiger partial charge on any atom is 0.243 e. The van der Waals surface area contributed by atoms with Crippen LogP contribution in [0.2, 0.25) is 0 Å². The normalized spacial score (nSPS) is 20.0. The van der Waals surface area contributed by atoms with E-state index >= 15 is 0 Å². The monoisotopic (exact) mass is 470 g/mol. The van der Waals surface area contributed by atoms with Crippen molar-refractivity contribution in [2.75, 3.05) is 18.5 Å². The second kappa shape index (κ2) is 9.50. The van der Waals surface area contributed by atoms with Gasteiger partial charge in [-0.05, 0) is 38.5 Å². The Morgan fingerprint density at radius 3 is 2.59 bits per heavy atom. The van der Waals surface area contributed by atoms with E-state index in [2.05, 4.69) is 15.5 Å². The first kappa shape index (κ1) is 22.6. The number of hydrogen-bond acceptors (Lipinski definition) is 7. The summed E-state index contributed by atoms with van der Waals surface area (Å²) in [5.74, 6) is 0. The summed E-state index contributed by atoms with van der Waals surface area (Å²) in [4.78, 5) is 4.81. The number of anilines is 1. The minimum absolute atomic E-state index is 0.135. The number of morpholine rings is 1. The number of nitrogens with zero attached hydrogens (tertiary/aromatic N) is 3. The molecule has 168 valence electrons. The molecule has 0 amide bonds. The van der Waals surface area contributed by atoms with Crippen LogP contribution in [0, 0.1) is 6.92 Å². The molecule has 0 saturated carbocycles. The van der Waals surface area contributed by atoms with E-state index in [1.54, 1.807) is 24.4 Å². The van der Waals surface area contributed by atoms with Crippen LogP contribution in [0.1, 0.15) is 25.0 Å². The second-order valence-corrected chi connectivity index (χ2v) is 10.7. The van der Waals surface area contributed by atoms with E-state index in [0.717, 1.165) is 11.1 Å². The SMILES string of the molecule is Cc1ccc(C=NNc2nc(-c3cccc(S(=O)(=O)N4CC(C)OC(C)C4)c3)cs2)cc1. The largest absolute Gasteiger partial charge is 0.373 e. The zero-order chi connectivity index (χ0) is 22.7. The Bertz CT molecular complexity index is 1200. The topological polar surface area (TPSA) is 83.9 Å². The fourth-order valence-electron chi connectivity index (χ4n) is 3.56. The highest BCUT2D eigenvalue weighted by Gasteiger charge is 2.32. The molecule has 0 bridgehead atoms. The fraction of sp³-hybridized carbons (Fsp3) is 0.304. The first-order chi connectivity index (χ1) is 15.3. The average Bonchev–Trinajstić information content (AvgIpc) is 3.23. The summed E-state index contributed by atoms with van der Waals surface area (Å²) in [6, 6.07) is 15.0. The average molecular weight is 471 g/mol. The van der Waals surface area contributed by atoms with E-state index in [-0.39, 0.29) is 17.1 Å². The number of aryl methyl sites for hydroxylation is 1. The Balaban J connectivity index is 1.49. The molecule has 0 spiro atoms. The Morgan fingerprint density at radius 1 is 1.16 bits per heavy atom. The summed E-state index contributed by atoms with van der Waals surface area (Å²) >= 11 is 1.41. The number of nitrogens with one attached hydrogen (secondary N) is 1. The summed E-state index contributed by atoms with van der Waals surface area (Å²) in [6.45, 7) is 6.51. The Hall–Kier alpha value is -2.59. The van der Waals surface area contributed by atoms with Gasteiger partial charge in [-0.2, -0.15) is 9.41 Å². The first-order valence-corrected chi connectivity index (χ1v) is 12.7. The number of thiazole rings is 1. The molecule has 9 heteroatoms. The number of ether oxygens (including phenoxy) is 1. The molecular formula is C23H26N4O3S2. The van der Waals surface area contributed by atoms with Gasteiger partial charge in [0.25, 0.3) is 0 Å². The molecule has 32 heavy (non-hydrogen) atoms. The summed E-state index contributed by atoms with van der Waals surface area (Å²) in [7, 11) is -3.61. The van der Waals surface area contributed by atoms with Crippen LogP contribution in [-0.2, 0) is 14.8 Å². The fourth-order valence-corrected chi connectivity index (χ4v) is 5.87. The lowest BCUT2D eigenvalue weighted by molar-refractivity contribution is -0.0440. The summed E-state index contributed by atoms with van der Waals surface area (Å²) in [5.41, 5.74) is 6.57. The molecule has 2 atom stereocenters. The van der Waals surface area contributed by atoms with Crippen LogP contribution in [-0.4, -0.2) is 49.2 Å². The summed E-state index contributed by atoms with van der Waals surface area (Å²) in [5, 5.41) is 6.75. The minimum Gasteiger partial charge on any atom is -0.373 e. The van der Waals surface area contributed by atoms with Gasteiger partial charge < -0.3 is 4.74 Å². The second-order valence-electron chi connectivity index (χ2n) is 7.93. The van der Waals surface area contributed by atoms with E-state index < -0.39 is 10.0 Å². The van der Waals surface area contributed by atoms with Crippen LogP contribution >= 0.6 is 11.3 Å². The zero-order valence-electron chi connectivity index (χ0n) is 18.2. The lowest BCUT2D eigenvalue weighted by Crippen LogP contribution is -2.48. The minimum atomic E-state index is -3.61. The third-order valence-corrected chi connectivity index (χ3v) is 7.68. The molecule has 2 heterocycles. The third kappa shape index (κ3) is 5.24. The van der Waals surface area contributed by atoms with E-state index in [0.29, 0.717) is 23.9 Å². The van der Waals surface area contributed by atoms with Gasteiger partial charge >= 0.3 is 0 Å². The van der Waals surface area contributed by atoms with Crippen molar-refractivity contribution in [3.8, 4) is 11.3 Å². The van der Waals surface area contributed by atoms with Crippen LogP contribution in [0.5, 0.6) is 0 Å². The molecule has 0 radical (unpaired) electrons. The quantitative estimate of drug-likeness (QED) is 0.427. The lowest BCUT2D eigenvalue weighted by Gasteiger charge is -2.34. The van der Waals surface area contributed by atoms with Gasteiger partial charge in [0.2, 0.25) is 15.2 Å².